The molecule has 0 heterocycles. The molecule has 0 bridgehead atoms. The molecule has 2 aromatic carbocycles. The first-order valence-electron chi connectivity index (χ1n) is 20.9. The summed E-state index contributed by atoms with van der Waals surface area (Å²) in [5.74, 6) is -4.58. The second-order valence-electron chi connectivity index (χ2n) is 15.9. The Bertz CT molecular complexity index is 1900. The third-order valence-corrected chi connectivity index (χ3v) is 10.9. The summed E-state index contributed by atoms with van der Waals surface area (Å²) in [5.41, 5.74) is 0.523. The molecule has 14 N–H and O–H groups in total. The van der Waals surface area contributed by atoms with Crippen LogP contribution in [0.3, 0.4) is 0 Å². The van der Waals surface area contributed by atoms with Gasteiger partial charge in [0.1, 0.15) is 0 Å². The molecule has 6 amide bonds. The summed E-state index contributed by atoms with van der Waals surface area (Å²) in [6.07, 6.45) is -6.26. The fourth-order valence-electron chi connectivity index (χ4n) is 7.76. The van der Waals surface area contributed by atoms with E-state index in [1.807, 2.05) is 0 Å². The zero-order chi connectivity index (χ0) is 49.6. The summed E-state index contributed by atoms with van der Waals surface area (Å²) in [7, 11) is 0. The van der Waals surface area contributed by atoms with Gasteiger partial charge in [-0.2, -0.15) is 0 Å². The van der Waals surface area contributed by atoms with E-state index in [2.05, 4.69) is 21.3 Å². The number of hydrogen-bond donors (Lipinski definition) is 14. The van der Waals surface area contributed by atoms with Gasteiger partial charge in [-0.3, -0.25) is 28.8 Å². The van der Waals surface area contributed by atoms with Crippen LogP contribution in [0.5, 0.6) is 0 Å². The molecule has 0 aliphatic heterocycles. The van der Waals surface area contributed by atoms with Crippen molar-refractivity contribution in [1.29, 1.82) is 0 Å². The van der Waals surface area contributed by atoms with Crippen molar-refractivity contribution in [2.75, 3.05) is 75.6 Å². The molecule has 0 aliphatic rings. The molecule has 2 rings (SSSR count). The van der Waals surface area contributed by atoms with Crippen molar-refractivity contribution in [2.24, 2.45) is 0 Å². The van der Waals surface area contributed by atoms with E-state index in [4.69, 9.17) is 0 Å². The van der Waals surface area contributed by atoms with E-state index in [0.717, 1.165) is 23.6 Å². The Morgan fingerprint density at radius 1 is 0.431 bits per heavy atom. The third-order valence-electron chi connectivity index (χ3n) is 10.9. The Kier molecular flexibility index (Phi) is 22.0. The van der Waals surface area contributed by atoms with E-state index in [9.17, 15) is 79.8 Å². The molecule has 22 nitrogen and oxygen atoms in total. The number of rotatable bonds is 24. The summed E-state index contributed by atoms with van der Waals surface area (Å²) >= 11 is 0. The zero-order valence-corrected chi connectivity index (χ0v) is 38.1. The van der Waals surface area contributed by atoms with Crippen molar-refractivity contribution in [2.45, 2.75) is 98.3 Å². The fourth-order valence-corrected chi connectivity index (χ4v) is 7.76. The SMILES string of the molecule is CC(=O)N(CC(O)CC(O)CN(C(C)=O)c1c(C)c(C(=O)NCC(O)CO)c(C)c(C(=O)NC(CO)CO)c1C)c1c(C)c(C(=O)NCC(O)CO)c(C)c(C(=O)NC(CO)CO)c1C. The highest BCUT2D eigenvalue weighted by atomic mass is 16.3. The second-order valence-corrected chi connectivity index (χ2v) is 15.9. The molecule has 65 heavy (non-hydrogen) atoms. The van der Waals surface area contributed by atoms with Gasteiger partial charge in [-0.1, -0.05) is 0 Å². The summed E-state index contributed by atoms with van der Waals surface area (Å²) in [4.78, 5) is 83.7. The lowest BCUT2D eigenvalue weighted by Gasteiger charge is -2.33. The molecular weight excluding hydrogens is 856 g/mol. The average molecular weight is 923 g/mol. The van der Waals surface area contributed by atoms with Gasteiger partial charge < -0.3 is 82.1 Å². The monoisotopic (exact) mass is 922 g/mol. The van der Waals surface area contributed by atoms with Crippen LogP contribution in [0, 0.1) is 41.5 Å². The van der Waals surface area contributed by atoms with E-state index in [1.54, 1.807) is 0 Å². The molecule has 22 heteroatoms. The molecule has 2 aromatic rings. The molecule has 4 atom stereocenters. The van der Waals surface area contributed by atoms with E-state index in [-0.39, 0.29) is 80.1 Å². The lowest BCUT2D eigenvalue weighted by molar-refractivity contribution is -0.117. The first kappa shape index (κ1) is 56.0. The maximum Gasteiger partial charge on any atom is 0.252 e. The van der Waals surface area contributed by atoms with Crippen LogP contribution in [-0.2, 0) is 9.59 Å². The van der Waals surface area contributed by atoms with Gasteiger partial charge in [-0.05, 0) is 74.9 Å². The van der Waals surface area contributed by atoms with E-state index < -0.39 is 131 Å². The van der Waals surface area contributed by atoms with E-state index >= 15 is 0 Å². The van der Waals surface area contributed by atoms with Crippen molar-refractivity contribution in [3.8, 4) is 0 Å². The van der Waals surface area contributed by atoms with Crippen LogP contribution in [0.2, 0.25) is 0 Å². The topological polar surface area (TPSA) is 359 Å². The van der Waals surface area contributed by atoms with Gasteiger partial charge >= 0.3 is 0 Å². The summed E-state index contributed by atoms with van der Waals surface area (Å²) in [6, 6.07) is -2.19. The normalized spacial score (nSPS) is 13.2. The lowest BCUT2D eigenvalue weighted by Crippen LogP contribution is -2.44. The van der Waals surface area contributed by atoms with E-state index in [1.165, 1.54) is 41.5 Å². The smallest absolute Gasteiger partial charge is 0.252 e. The minimum atomic E-state index is -1.56. The summed E-state index contributed by atoms with van der Waals surface area (Å²) < 4.78 is 0. The van der Waals surface area contributed by atoms with Gasteiger partial charge in [0, 0.05) is 55.6 Å². The molecule has 364 valence electrons. The average Bonchev–Trinajstić information content (AvgIpc) is 3.24. The Morgan fingerprint density at radius 3 is 0.954 bits per heavy atom. The zero-order valence-electron chi connectivity index (χ0n) is 38.1. The molecule has 0 fully saturated rings. The van der Waals surface area contributed by atoms with Crippen LogP contribution in [0.4, 0.5) is 11.4 Å². The number of aliphatic hydroxyl groups is 10. The number of benzene rings is 2. The van der Waals surface area contributed by atoms with Crippen molar-refractivity contribution in [3.63, 3.8) is 0 Å². The molecular formula is C43H66N6O16. The van der Waals surface area contributed by atoms with Gasteiger partial charge in [0.2, 0.25) is 11.8 Å². The first-order chi connectivity index (χ1) is 30.5. The second kappa shape index (κ2) is 25.5. The third kappa shape index (κ3) is 13.9. The maximum absolute atomic E-state index is 13.7. The van der Waals surface area contributed by atoms with Gasteiger partial charge in [-0.25, -0.2) is 0 Å². The molecule has 0 radical (unpaired) electrons. The van der Waals surface area contributed by atoms with Crippen LogP contribution >= 0.6 is 0 Å². The highest BCUT2D eigenvalue weighted by Crippen LogP contribution is 2.37. The number of carbonyl (C=O) groups is 6. The highest BCUT2D eigenvalue weighted by molar-refractivity contribution is 6.09. The number of hydrogen-bond acceptors (Lipinski definition) is 16. The Balaban J connectivity index is 2.71. The van der Waals surface area contributed by atoms with Gasteiger partial charge in [-0.15, -0.1) is 0 Å². The predicted molar refractivity (Wildman–Crippen MR) is 236 cm³/mol. The summed E-state index contributed by atoms with van der Waals surface area (Å²) in [6.45, 7) is 5.43. The van der Waals surface area contributed by atoms with Crippen molar-refractivity contribution in [3.05, 3.63) is 55.6 Å². The number of amides is 6. The lowest BCUT2D eigenvalue weighted by atomic mass is 9.89. The highest BCUT2D eigenvalue weighted by Gasteiger charge is 2.33. The van der Waals surface area contributed by atoms with Crippen molar-refractivity contribution in [1.82, 2.24) is 21.3 Å². The van der Waals surface area contributed by atoms with Crippen LogP contribution in [-0.4, -0.2) is 189 Å². The fraction of sp³-hybridized carbons (Fsp3) is 0.581. The number of carbonyl (C=O) groups excluding carboxylic acids is 6. The first-order valence-corrected chi connectivity index (χ1v) is 20.9. The number of nitrogens with one attached hydrogen (secondary N) is 4. The molecule has 0 saturated heterocycles. The largest absolute Gasteiger partial charge is 0.394 e. The minimum absolute atomic E-state index is 0.0169. The Morgan fingerprint density at radius 2 is 0.708 bits per heavy atom. The van der Waals surface area contributed by atoms with Crippen molar-refractivity contribution < 1.29 is 79.8 Å². The van der Waals surface area contributed by atoms with Crippen LogP contribution in [0.25, 0.3) is 0 Å². The van der Waals surface area contributed by atoms with Crippen LogP contribution in [0.1, 0.15) is 95.1 Å². The van der Waals surface area contributed by atoms with Crippen molar-refractivity contribution >= 4 is 46.8 Å². The minimum Gasteiger partial charge on any atom is -0.394 e. The molecule has 0 aromatic heterocycles. The van der Waals surface area contributed by atoms with Gasteiger partial charge in [0.05, 0.1) is 101 Å². The number of aliphatic hydroxyl groups excluding tert-OH is 10. The molecule has 0 saturated carbocycles. The molecule has 0 spiro atoms. The van der Waals surface area contributed by atoms with Crippen LogP contribution in [0.15, 0.2) is 0 Å². The molecule has 4 unspecified atom stereocenters. The standard InChI is InChI=1S/C43H66N6O16/c1-20-34(40(62)44-10-32(60)18-54)22(3)38(24(5)36(20)42(64)46-28(14-50)15-51)48(26(7)56)12-30(58)9-31(59)13-49(27(8)57)39-23(4)35(41(63)45-11-33(61)19-55)21(2)37(25(39)6)43(65)47-29(16-52)17-53/h28-33,50-55,58-61H,9-19H2,1-8H3,(H,44,62)(H,45,63)(H,46,64)(H,47,65). The van der Waals surface area contributed by atoms with Crippen LogP contribution < -0.4 is 31.1 Å². The number of nitrogens with zero attached hydrogens (tertiary/aromatic N) is 2. The predicted octanol–water partition coefficient (Wildman–Crippen LogP) is -3.61. The summed E-state index contributed by atoms with van der Waals surface area (Å²) in [5, 5.41) is 110. The number of anilines is 2. The quantitative estimate of drug-likeness (QED) is 0.0484. The van der Waals surface area contributed by atoms with Gasteiger partial charge in [0.15, 0.2) is 0 Å². The Labute approximate surface area is 376 Å². The maximum atomic E-state index is 13.7. The van der Waals surface area contributed by atoms with E-state index in [0.29, 0.717) is 0 Å². The molecule has 0 aliphatic carbocycles. The Hall–Kier alpha value is -5.14. The van der Waals surface area contributed by atoms with Gasteiger partial charge in [0.25, 0.3) is 23.6 Å².